The number of nitrogens with zero attached hydrogens (tertiary/aromatic N) is 5. The van der Waals surface area contributed by atoms with E-state index in [1.54, 1.807) is 30.5 Å². The molecule has 12 nitrogen and oxygen atoms in total. The van der Waals surface area contributed by atoms with Crippen LogP contribution in [0.5, 0.6) is 6.01 Å². The lowest BCUT2D eigenvalue weighted by Gasteiger charge is -2.35. The van der Waals surface area contributed by atoms with Crippen LogP contribution in [0.1, 0.15) is 84.1 Å². The Hall–Kier alpha value is -6.14. The number of terminal acetylenes is 1. The Labute approximate surface area is 364 Å². The highest BCUT2D eigenvalue weighted by Gasteiger charge is 2.51. The number of unbranched alkanes of at least 4 members (excludes halogenated alkanes) is 2. The summed E-state index contributed by atoms with van der Waals surface area (Å²) >= 11 is 0. The number of rotatable bonds is 16. The predicted octanol–water partition coefficient (Wildman–Crippen LogP) is 7.00. The smallest absolute Gasteiger partial charge is 0.319 e. The molecule has 63 heavy (non-hydrogen) atoms. The molecule has 2 aromatic heterocycles. The summed E-state index contributed by atoms with van der Waals surface area (Å²) in [7, 11) is 0. The van der Waals surface area contributed by atoms with E-state index < -0.39 is 11.6 Å². The molecule has 4 aliphatic heterocycles. The van der Waals surface area contributed by atoms with Crippen molar-refractivity contribution < 1.29 is 27.9 Å². The Balaban J connectivity index is 0.875. The first kappa shape index (κ1) is 42.2. The molecular formula is C49H50F2N8O4. The van der Waals surface area contributed by atoms with Gasteiger partial charge in [0.15, 0.2) is 18.4 Å². The number of anilines is 2. The summed E-state index contributed by atoms with van der Waals surface area (Å²) in [4.78, 5) is 53.9. The summed E-state index contributed by atoms with van der Waals surface area (Å²) in [6.07, 6.45) is 16.3. The number of hydrogen-bond donors (Lipinski definition) is 3. The molecular weight excluding hydrogens is 803 g/mol. The molecule has 0 aliphatic carbocycles. The van der Waals surface area contributed by atoms with Crippen LogP contribution in [0, 0.1) is 24.0 Å². The molecule has 9 rings (SSSR count). The number of amides is 1. The van der Waals surface area contributed by atoms with Crippen LogP contribution in [-0.4, -0.2) is 101 Å². The third-order valence-electron chi connectivity index (χ3n) is 13.3. The Kier molecular flexibility index (Phi) is 12.0. The Morgan fingerprint density at radius 2 is 1.86 bits per heavy atom. The van der Waals surface area contributed by atoms with Gasteiger partial charge in [-0.1, -0.05) is 48.8 Å². The third kappa shape index (κ3) is 8.40. The van der Waals surface area contributed by atoms with Gasteiger partial charge in [-0.15, -0.1) is 6.42 Å². The predicted molar refractivity (Wildman–Crippen MR) is 239 cm³/mol. The molecule has 3 N–H and O–H groups in total. The van der Waals surface area contributed by atoms with Crippen molar-refractivity contribution in [3.63, 3.8) is 0 Å². The average molecular weight is 853 g/mol. The number of aromatic nitrogens is 3. The standard InChI is InChI=1S/C49H50F2N8O4/c1-3-38-41(50)16-12-31-8-7-9-39(43(31)38)45-44(51)46-40(23-53-45)47(58-25-35-14-15-36(26-58)54-35)57-48(56-46)63-29-49-18-17-37(59(49)24-30(2)21-49)22-52-19-6-4-5-10-42(62)55-34-13-11-32(27-60)33(20-34)28-61/h1,7-9,11-13,16,20,23,27-28,35-37,52,54H,2,4-6,10,14-15,17-19,21-22,24-26,29H2,(H,55,62). The summed E-state index contributed by atoms with van der Waals surface area (Å²) in [5, 5.41) is 11.7. The zero-order valence-corrected chi connectivity index (χ0v) is 35.1. The fourth-order valence-electron chi connectivity index (χ4n) is 10.2. The van der Waals surface area contributed by atoms with E-state index in [1.807, 2.05) is 6.07 Å². The molecule has 4 fully saturated rings. The van der Waals surface area contributed by atoms with Gasteiger partial charge in [0.1, 0.15) is 29.5 Å². The first-order valence-electron chi connectivity index (χ1n) is 21.8. The number of ether oxygens (including phenoxy) is 1. The average Bonchev–Trinajstić information content (AvgIpc) is 3.93. The van der Waals surface area contributed by atoms with E-state index in [2.05, 4.69) is 43.2 Å². The maximum Gasteiger partial charge on any atom is 0.319 e. The van der Waals surface area contributed by atoms with Gasteiger partial charge in [0.25, 0.3) is 0 Å². The molecule has 14 heteroatoms. The van der Waals surface area contributed by atoms with Crippen LogP contribution < -0.4 is 25.6 Å². The summed E-state index contributed by atoms with van der Waals surface area (Å²) in [5.74, 6) is 1.69. The number of nitrogens with one attached hydrogen (secondary N) is 3. The fourth-order valence-corrected chi connectivity index (χ4v) is 10.2. The van der Waals surface area contributed by atoms with Crippen molar-refractivity contribution in [3.8, 4) is 29.6 Å². The van der Waals surface area contributed by atoms with Crippen LogP contribution >= 0.6 is 0 Å². The van der Waals surface area contributed by atoms with Gasteiger partial charge in [-0.25, -0.2) is 8.78 Å². The lowest BCUT2D eigenvalue weighted by Crippen LogP contribution is -2.51. The molecule has 4 saturated heterocycles. The summed E-state index contributed by atoms with van der Waals surface area (Å²) in [6, 6.07) is 13.9. The molecule has 4 atom stereocenters. The van der Waals surface area contributed by atoms with Crippen molar-refractivity contribution in [1.29, 1.82) is 0 Å². The van der Waals surface area contributed by atoms with E-state index in [4.69, 9.17) is 21.1 Å². The molecule has 0 saturated carbocycles. The largest absolute Gasteiger partial charge is 0.461 e. The van der Waals surface area contributed by atoms with Crippen molar-refractivity contribution in [1.82, 2.24) is 30.5 Å². The number of carbonyl (C=O) groups excluding carboxylic acids is 3. The minimum absolute atomic E-state index is 0.0219. The van der Waals surface area contributed by atoms with Crippen molar-refractivity contribution in [2.75, 3.05) is 49.5 Å². The van der Waals surface area contributed by atoms with Crippen LogP contribution in [-0.2, 0) is 4.79 Å². The third-order valence-corrected chi connectivity index (χ3v) is 13.3. The van der Waals surface area contributed by atoms with E-state index in [-0.39, 0.29) is 51.4 Å². The number of aldehydes is 2. The maximum absolute atomic E-state index is 17.1. The number of benzene rings is 3. The van der Waals surface area contributed by atoms with Gasteiger partial charge in [-0.2, -0.15) is 9.97 Å². The van der Waals surface area contributed by atoms with Crippen LogP contribution in [0.4, 0.5) is 20.3 Å². The number of pyridine rings is 1. The molecule has 324 valence electrons. The van der Waals surface area contributed by atoms with Crippen molar-refractivity contribution in [3.05, 3.63) is 95.2 Å². The highest BCUT2D eigenvalue weighted by molar-refractivity contribution is 6.02. The van der Waals surface area contributed by atoms with E-state index in [1.165, 1.54) is 18.2 Å². The quantitative estimate of drug-likeness (QED) is 0.0409. The minimum Gasteiger partial charge on any atom is -0.461 e. The molecule has 0 radical (unpaired) electrons. The summed E-state index contributed by atoms with van der Waals surface area (Å²) < 4.78 is 38.7. The molecule has 1 amide bonds. The first-order chi connectivity index (χ1) is 30.7. The lowest BCUT2D eigenvalue weighted by molar-refractivity contribution is -0.116. The number of halogens is 2. The molecule has 3 aromatic carbocycles. The highest BCUT2D eigenvalue weighted by Crippen LogP contribution is 2.45. The zero-order chi connectivity index (χ0) is 43.7. The molecule has 5 aromatic rings. The SMILES string of the molecule is C#Cc1c(F)ccc2cccc(-c3ncc4c(N5CC6CCC(C5)N6)nc(OCC56CCC(CNCCCCCC(=O)Nc7ccc(C=O)c(C=O)c7)N5CC(=C)C6)nc4c3F)c12. The van der Waals surface area contributed by atoms with E-state index in [9.17, 15) is 18.8 Å². The zero-order valence-electron chi connectivity index (χ0n) is 35.1. The molecule has 4 unspecified atom stereocenters. The normalized spacial score (nSPS) is 21.8. The number of carbonyl (C=O) groups is 3. The van der Waals surface area contributed by atoms with Crippen LogP contribution in [0.3, 0.4) is 0 Å². The molecule has 6 heterocycles. The molecule has 0 spiro atoms. The minimum atomic E-state index is -0.653. The topological polar surface area (TPSA) is 142 Å². The fraction of sp³-hybridized carbons (Fsp3) is 0.388. The van der Waals surface area contributed by atoms with Gasteiger partial charge >= 0.3 is 6.01 Å². The monoisotopic (exact) mass is 852 g/mol. The van der Waals surface area contributed by atoms with Crippen LogP contribution in [0.25, 0.3) is 32.9 Å². The van der Waals surface area contributed by atoms with E-state index in [0.717, 1.165) is 76.6 Å². The number of hydrogen-bond acceptors (Lipinski definition) is 11. The van der Waals surface area contributed by atoms with Gasteiger partial charge in [0.05, 0.1) is 16.5 Å². The van der Waals surface area contributed by atoms with Crippen molar-refractivity contribution in [2.24, 2.45) is 0 Å². The Morgan fingerprint density at radius 1 is 1.03 bits per heavy atom. The summed E-state index contributed by atoms with van der Waals surface area (Å²) in [5.41, 5.74) is 2.39. The first-order valence-corrected chi connectivity index (χ1v) is 21.8. The van der Waals surface area contributed by atoms with E-state index >= 15 is 4.39 Å². The number of piperazine rings is 1. The van der Waals surface area contributed by atoms with Gasteiger partial charge < -0.3 is 25.6 Å². The van der Waals surface area contributed by atoms with Crippen molar-refractivity contribution >= 4 is 51.7 Å². The molecule has 4 aliphatic rings. The Bertz CT molecular complexity index is 2660. The van der Waals surface area contributed by atoms with Gasteiger partial charge in [-0.3, -0.25) is 24.3 Å². The maximum atomic E-state index is 17.1. The second kappa shape index (κ2) is 17.9. The highest BCUT2D eigenvalue weighted by atomic mass is 19.1. The number of fused-ring (bicyclic) bond motifs is 5. The second-order valence-electron chi connectivity index (χ2n) is 17.4. The Morgan fingerprint density at radius 3 is 2.65 bits per heavy atom. The van der Waals surface area contributed by atoms with Crippen molar-refractivity contribution in [2.45, 2.75) is 81.5 Å². The van der Waals surface area contributed by atoms with E-state index in [0.29, 0.717) is 84.0 Å². The van der Waals surface area contributed by atoms with Gasteiger partial charge in [0.2, 0.25) is 5.91 Å². The van der Waals surface area contributed by atoms with Gasteiger partial charge in [0, 0.05) is 84.7 Å². The second-order valence-corrected chi connectivity index (χ2v) is 17.4. The lowest BCUT2D eigenvalue weighted by atomic mass is 9.94. The van der Waals surface area contributed by atoms with Crippen LogP contribution in [0.2, 0.25) is 0 Å². The summed E-state index contributed by atoms with van der Waals surface area (Å²) in [6.45, 7) is 8.48. The molecule has 2 bridgehead atoms. The van der Waals surface area contributed by atoms with Gasteiger partial charge in [-0.05, 0) is 81.1 Å². The van der Waals surface area contributed by atoms with Crippen LogP contribution in [0.15, 0.2) is 66.9 Å².